The molecular formula is C14H16O5. The molecule has 1 rings (SSSR count). The van der Waals surface area contributed by atoms with Crippen LogP contribution in [0.1, 0.15) is 18.9 Å². The Morgan fingerprint density at radius 1 is 1.32 bits per heavy atom. The molecule has 0 spiro atoms. The topological polar surface area (TPSA) is 72.8 Å². The van der Waals surface area contributed by atoms with Crippen molar-refractivity contribution >= 4 is 12.3 Å². The number of hydrogen-bond acceptors (Lipinski definition) is 5. The quantitative estimate of drug-likeness (QED) is 0.353. The summed E-state index contributed by atoms with van der Waals surface area (Å²) in [5.74, 6) is 0.0424. The molecule has 0 unspecified atom stereocenters. The van der Waals surface area contributed by atoms with E-state index in [0.717, 1.165) is 5.56 Å². The van der Waals surface area contributed by atoms with E-state index < -0.39 is 0 Å². The lowest BCUT2D eigenvalue weighted by Crippen LogP contribution is -2.05. The summed E-state index contributed by atoms with van der Waals surface area (Å²) in [5.41, 5.74) is 0.959. The lowest BCUT2D eigenvalue weighted by molar-refractivity contribution is -0.143. The van der Waals surface area contributed by atoms with Crippen molar-refractivity contribution in [3.05, 3.63) is 41.9 Å². The summed E-state index contributed by atoms with van der Waals surface area (Å²) in [6.45, 7) is 2.15. The molecule has 0 atom stereocenters. The van der Waals surface area contributed by atoms with Gasteiger partial charge < -0.3 is 14.6 Å². The third-order valence-corrected chi connectivity index (χ3v) is 2.33. The maximum absolute atomic E-state index is 11.2. The van der Waals surface area contributed by atoms with Gasteiger partial charge in [-0.05, 0) is 31.0 Å². The molecule has 0 radical (unpaired) electrons. The van der Waals surface area contributed by atoms with Gasteiger partial charge in [-0.15, -0.1) is 0 Å². The van der Waals surface area contributed by atoms with E-state index in [9.17, 15) is 9.59 Å². The minimum atomic E-state index is -0.228. The van der Waals surface area contributed by atoms with Gasteiger partial charge >= 0.3 is 5.97 Å². The number of carbonyl (C=O) groups is 2. The van der Waals surface area contributed by atoms with Gasteiger partial charge in [-0.3, -0.25) is 9.59 Å². The molecule has 0 heterocycles. The fourth-order valence-corrected chi connectivity index (χ4v) is 1.42. The van der Waals surface area contributed by atoms with Crippen molar-refractivity contribution in [2.45, 2.75) is 19.8 Å². The van der Waals surface area contributed by atoms with Crippen molar-refractivity contribution in [2.75, 3.05) is 6.61 Å². The second-order valence-electron chi connectivity index (χ2n) is 3.70. The number of benzene rings is 1. The summed E-state index contributed by atoms with van der Waals surface area (Å²) in [7, 11) is 0. The summed E-state index contributed by atoms with van der Waals surface area (Å²) >= 11 is 0. The summed E-state index contributed by atoms with van der Waals surface area (Å²) in [6.07, 6.45) is 1.91. The van der Waals surface area contributed by atoms with Crippen molar-refractivity contribution in [3.63, 3.8) is 0 Å². The molecule has 0 aromatic heterocycles. The number of hydrogen-bond donors (Lipinski definition) is 1. The van der Waals surface area contributed by atoms with Crippen molar-refractivity contribution in [2.24, 2.45) is 0 Å². The summed E-state index contributed by atoms with van der Waals surface area (Å²) in [6, 6.07) is 6.89. The van der Waals surface area contributed by atoms with Crippen LogP contribution in [0, 0.1) is 0 Å². The number of esters is 1. The monoisotopic (exact) mass is 264 g/mol. The minimum Gasteiger partial charge on any atom is -0.512 e. The first kappa shape index (κ1) is 14.8. The average Bonchev–Trinajstić information content (AvgIpc) is 2.44. The lowest BCUT2D eigenvalue weighted by atomic mass is 10.1. The van der Waals surface area contributed by atoms with Gasteiger partial charge in [0.15, 0.2) is 6.29 Å². The van der Waals surface area contributed by atoms with Gasteiger partial charge in [0.2, 0.25) is 5.76 Å². The molecule has 1 aromatic carbocycles. The Hall–Kier alpha value is -2.30. The van der Waals surface area contributed by atoms with Crippen LogP contribution in [0.3, 0.4) is 0 Å². The highest BCUT2D eigenvalue weighted by atomic mass is 16.5. The molecule has 0 aliphatic rings. The third kappa shape index (κ3) is 5.25. The van der Waals surface area contributed by atoms with Gasteiger partial charge in [-0.1, -0.05) is 12.1 Å². The Labute approximate surface area is 111 Å². The second-order valence-corrected chi connectivity index (χ2v) is 3.70. The Morgan fingerprint density at radius 3 is 2.53 bits per heavy atom. The molecule has 102 valence electrons. The molecule has 0 fully saturated rings. The standard InChI is InChI=1S/C14H16O5/c1-2-18-14(17)8-5-11-3-6-12(7-4-11)19-13(9-15)10-16/h3-4,6-7,9-10,15H,2,5,8H2,1H3/b13-9+. The number of carbonyl (C=O) groups excluding carboxylic acids is 2. The van der Waals surface area contributed by atoms with Gasteiger partial charge in [0.25, 0.3) is 0 Å². The summed E-state index contributed by atoms with van der Waals surface area (Å²) < 4.78 is 9.91. The van der Waals surface area contributed by atoms with Gasteiger partial charge in [0.05, 0.1) is 6.61 Å². The number of aliphatic hydroxyl groups is 1. The smallest absolute Gasteiger partial charge is 0.306 e. The third-order valence-electron chi connectivity index (χ3n) is 2.33. The molecule has 5 heteroatoms. The van der Waals surface area contributed by atoms with Crippen LogP contribution in [-0.4, -0.2) is 24.0 Å². The maximum atomic E-state index is 11.2. The molecule has 0 aliphatic carbocycles. The minimum absolute atomic E-state index is 0.167. The van der Waals surface area contributed by atoms with E-state index in [1.807, 2.05) is 0 Å². The van der Waals surface area contributed by atoms with E-state index in [4.69, 9.17) is 14.6 Å². The average molecular weight is 264 g/mol. The zero-order valence-electron chi connectivity index (χ0n) is 10.7. The fraction of sp³-hybridized carbons (Fsp3) is 0.286. The Balaban J connectivity index is 2.52. The molecule has 5 nitrogen and oxygen atoms in total. The first-order valence-corrected chi connectivity index (χ1v) is 5.91. The summed E-state index contributed by atoms with van der Waals surface area (Å²) in [5, 5.41) is 8.67. The molecular weight excluding hydrogens is 248 g/mol. The molecule has 0 saturated carbocycles. The van der Waals surface area contributed by atoms with E-state index >= 15 is 0 Å². The van der Waals surface area contributed by atoms with Crippen molar-refractivity contribution in [1.82, 2.24) is 0 Å². The molecule has 1 aromatic rings. The van der Waals surface area contributed by atoms with Gasteiger partial charge in [-0.2, -0.15) is 0 Å². The first-order valence-electron chi connectivity index (χ1n) is 5.91. The molecule has 19 heavy (non-hydrogen) atoms. The van der Waals surface area contributed by atoms with Crippen LogP contribution in [0.15, 0.2) is 36.3 Å². The van der Waals surface area contributed by atoms with Crippen molar-refractivity contribution < 1.29 is 24.2 Å². The summed E-state index contributed by atoms with van der Waals surface area (Å²) in [4.78, 5) is 21.6. The zero-order valence-corrected chi connectivity index (χ0v) is 10.7. The number of rotatable bonds is 7. The largest absolute Gasteiger partial charge is 0.512 e. The van der Waals surface area contributed by atoms with Crippen LogP contribution < -0.4 is 4.74 Å². The number of aldehydes is 1. The highest BCUT2D eigenvalue weighted by molar-refractivity contribution is 5.70. The Morgan fingerprint density at radius 2 is 2.00 bits per heavy atom. The number of aliphatic hydroxyl groups excluding tert-OH is 1. The fourth-order valence-electron chi connectivity index (χ4n) is 1.42. The first-order chi connectivity index (χ1) is 9.19. The van der Waals surface area contributed by atoms with E-state index in [-0.39, 0.29) is 11.7 Å². The zero-order chi connectivity index (χ0) is 14.1. The molecule has 0 amide bonds. The van der Waals surface area contributed by atoms with E-state index in [2.05, 4.69) is 0 Å². The van der Waals surface area contributed by atoms with Crippen LogP contribution in [0.2, 0.25) is 0 Å². The van der Waals surface area contributed by atoms with Crippen molar-refractivity contribution in [3.8, 4) is 5.75 Å². The number of allylic oxidation sites excluding steroid dienone is 1. The predicted molar refractivity (Wildman–Crippen MR) is 68.8 cm³/mol. The maximum Gasteiger partial charge on any atom is 0.306 e. The van der Waals surface area contributed by atoms with Gasteiger partial charge in [-0.25, -0.2) is 0 Å². The highest BCUT2D eigenvalue weighted by Gasteiger charge is 2.04. The molecule has 1 N–H and O–H groups in total. The number of aryl methyl sites for hydroxylation is 1. The SMILES string of the molecule is CCOC(=O)CCc1ccc(O/C(C=O)=C/O)cc1. The van der Waals surface area contributed by atoms with Crippen LogP contribution in [0.4, 0.5) is 0 Å². The van der Waals surface area contributed by atoms with Crippen LogP contribution in [0.25, 0.3) is 0 Å². The van der Waals surface area contributed by atoms with Crippen LogP contribution in [-0.2, 0) is 20.7 Å². The van der Waals surface area contributed by atoms with E-state index in [0.29, 0.717) is 37.7 Å². The van der Waals surface area contributed by atoms with Crippen molar-refractivity contribution in [1.29, 1.82) is 0 Å². The van der Waals surface area contributed by atoms with E-state index in [1.165, 1.54) is 0 Å². The molecule has 0 aliphatic heterocycles. The molecule has 0 saturated heterocycles. The predicted octanol–water partition coefficient (Wildman–Crippen LogP) is 2.16. The van der Waals surface area contributed by atoms with Crippen LogP contribution in [0.5, 0.6) is 5.75 Å². The lowest BCUT2D eigenvalue weighted by Gasteiger charge is -2.05. The van der Waals surface area contributed by atoms with Gasteiger partial charge in [0, 0.05) is 6.42 Å². The normalized spacial score (nSPS) is 10.9. The van der Waals surface area contributed by atoms with Gasteiger partial charge in [0.1, 0.15) is 12.0 Å². The van der Waals surface area contributed by atoms with E-state index in [1.54, 1.807) is 31.2 Å². The number of ether oxygens (including phenoxy) is 2. The van der Waals surface area contributed by atoms with Crippen LogP contribution >= 0.6 is 0 Å². The Kier molecular flexibility index (Phi) is 6.15. The highest BCUT2D eigenvalue weighted by Crippen LogP contribution is 2.15. The second kappa shape index (κ2) is 7.92. The Bertz CT molecular complexity index is 447. The molecule has 0 bridgehead atoms.